The molecule has 3 unspecified atom stereocenters. The van der Waals surface area contributed by atoms with Crippen molar-refractivity contribution in [3.05, 3.63) is 0 Å². The lowest BCUT2D eigenvalue weighted by atomic mass is 9.95. The molecule has 0 fully saturated rings. The molecule has 0 aromatic heterocycles. The van der Waals surface area contributed by atoms with Crippen LogP contribution in [0.15, 0.2) is 0 Å². The lowest BCUT2D eigenvalue weighted by molar-refractivity contribution is -0.146. The molecule has 0 bridgehead atoms. The van der Waals surface area contributed by atoms with Crippen LogP contribution >= 0.6 is 0 Å². The smallest absolute Gasteiger partial charge is 0.307 e. The van der Waals surface area contributed by atoms with E-state index in [0.29, 0.717) is 6.54 Å². The molecule has 15 heavy (non-hydrogen) atoms. The molecule has 0 saturated carbocycles. The van der Waals surface area contributed by atoms with E-state index in [-0.39, 0.29) is 12.0 Å². The van der Waals surface area contributed by atoms with Gasteiger partial charge in [-0.25, -0.2) is 0 Å². The molecule has 0 spiro atoms. The summed E-state index contributed by atoms with van der Waals surface area (Å²) in [5.41, 5.74) is 0. The Bertz CT molecular complexity index is 229. The number of nitrogens with one attached hydrogen (secondary N) is 1. The summed E-state index contributed by atoms with van der Waals surface area (Å²) in [6, 6.07) is 0. The molecule has 0 aromatic carbocycles. The van der Waals surface area contributed by atoms with Gasteiger partial charge in [0, 0.05) is 19.6 Å². The van der Waals surface area contributed by atoms with Crippen molar-refractivity contribution in [3.63, 3.8) is 0 Å². The highest BCUT2D eigenvalue weighted by Gasteiger charge is 2.25. The standard InChI is InChI=1S/C10H19NO4/c1-6(15-4)5-11-9(12)7(2)8(3)10(13)14/h6-8H,5H2,1-4H3,(H,11,12)(H,13,14). The van der Waals surface area contributed by atoms with Gasteiger partial charge in [-0.2, -0.15) is 0 Å². The predicted molar refractivity (Wildman–Crippen MR) is 55.4 cm³/mol. The second-order valence-electron chi connectivity index (χ2n) is 3.71. The molecular weight excluding hydrogens is 198 g/mol. The summed E-state index contributed by atoms with van der Waals surface area (Å²) in [7, 11) is 1.56. The number of hydrogen-bond donors (Lipinski definition) is 2. The van der Waals surface area contributed by atoms with Gasteiger partial charge in [0.25, 0.3) is 0 Å². The van der Waals surface area contributed by atoms with Crippen molar-refractivity contribution in [1.29, 1.82) is 0 Å². The van der Waals surface area contributed by atoms with Crippen LogP contribution in [-0.2, 0) is 14.3 Å². The number of methoxy groups -OCH3 is 1. The van der Waals surface area contributed by atoms with E-state index >= 15 is 0 Å². The molecule has 5 heteroatoms. The Labute approximate surface area is 89.8 Å². The highest BCUT2D eigenvalue weighted by molar-refractivity contribution is 5.84. The van der Waals surface area contributed by atoms with Crippen LogP contribution in [0.5, 0.6) is 0 Å². The fourth-order valence-corrected chi connectivity index (χ4v) is 0.930. The Kier molecular flexibility index (Phi) is 5.93. The summed E-state index contributed by atoms with van der Waals surface area (Å²) < 4.78 is 4.96. The molecule has 1 amide bonds. The molecule has 0 aliphatic carbocycles. The van der Waals surface area contributed by atoms with Crippen LogP contribution in [0.2, 0.25) is 0 Å². The number of carbonyl (C=O) groups excluding carboxylic acids is 1. The van der Waals surface area contributed by atoms with E-state index < -0.39 is 17.8 Å². The van der Waals surface area contributed by atoms with Crippen LogP contribution in [0, 0.1) is 11.8 Å². The summed E-state index contributed by atoms with van der Waals surface area (Å²) in [4.78, 5) is 22.1. The third-order valence-electron chi connectivity index (χ3n) is 2.52. The van der Waals surface area contributed by atoms with Crippen molar-refractivity contribution < 1.29 is 19.4 Å². The zero-order valence-corrected chi connectivity index (χ0v) is 9.61. The van der Waals surface area contributed by atoms with Gasteiger partial charge in [0.15, 0.2) is 0 Å². The van der Waals surface area contributed by atoms with Crippen LogP contribution in [0.4, 0.5) is 0 Å². The largest absolute Gasteiger partial charge is 0.481 e. The minimum absolute atomic E-state index is 0.0683. The van der Waals surface area contributed by atoms with Gasteiger partial charge in [0.05, 0.1) is 12.0 Å². The first-order chi connectivity index (χ1) is 6.90. The number of ether oxygens (including phenoxy) is 1. The first kappa shape index (κ1) is 13.9. The first-order valence-electron chi connectivity index (χ1n) is 4.93. The van der Waals surface area contributed by atoms with Gasteiger partial charge in [-0.1, -0.05) is 13.8 Å². The topological polar surface area (TPSA) is 75.6 Å². The molecule has 0 radical (unpaired) electrons. The molecule has 0 aliphatic heterocycles. The number of carboxylic acid groups (broad SMARTS) is 1. The summed E-state index contributed by atoms with van der Waals surface area (Å²) >= 11 is 0. The average Bonchev–Trinajstić information content (AvgIpc) is 2.22. The lowest BCUT2D eigenvalue weighted by Crippen LogP contribution is -2.38. The summed E-state index contributed by atoms with van der Waals surface area (Å²) in [6.07, 6.45) is -0.0683. The van der Waals surface area contributed by atoms with Crippen molar-refractivity contribution in [2.75, 3.05) is 13.7 Å². The van der Waals surface area contributed by atoms with E-state index in [4.69, 9.17) is 9.84 Å². The Morgan fingerprint density at radius 2 is 1.80 bits per heavy atom. The molecule has 2 N–H and O–H groups in total. The zero-order chi connectivity index (χ0) is 12.0. The SMILES string of the molecule is COC(C)CNC(=O)C(C)C(C)C(=O)O. The number of aliphatic carboxylic acids is 1. The quantitative estimate of drug-likeness (QED) is 0.679. The predicted octanol–water partition coefficient (Wildman–Crippen LogP) is 0.494. The van der Waals surface area contributed by atoms with E-state index in [2.05, 4.69) is 5.32 Å². The Balaban J connectivity index is 4.05. The second-order valence-corrected chi connectivity index (χ2v) is 3.71. The summed E-state index contributed by atoms with van der Waals surface area (Å²) in [5.74, 6) is -2.43. The fourth-order valence-electron chi connectivity index (χ4n) is 0.930. The number of amides is 1. The van der Waals surface area contributed by atoms with Gasteiger partial charge in [0.2, 0.25) is 5.91 Å². The summed E-state index contributed by atoms with van der Waals surface area (Å²) in [5, 5.41) is 11.4. The molecule has 0 aromatic rings. The van der Waals surface area contributed by atoms with Gasteiger partial charge >= 0.3 is 5.97 Å². The Morgan fingerprint density at radius 1 is 1.27 bits per heavy atom. The second kappa shape index (κ2) is 6.40. The molecule has 3 atom stereocenters. The monoisotopic (exact) mass is 217 g/mol. The van der Waals surface area contributed by atoms with Crippen LogP contribution < -0.4 is 5.32 Å². The number of rotatable bonds is 6. The maximum absolute atomic E-state index is 11.5. The number of hydrogen-bond acceptors (Lipinski definition) is 3. The van der Waals surface area contributed by atoms with Crippen LogP contribution in [0.25, 0.3) is 0 Å². The number of carboxylic acids is 1. The third kappa shape index (κ3) is 4.78. The van der Waals surface area contributed by atoms with Gasteiger partial charge in [-0.15, -0.1) is 0 Å². The van der Waals surface area contributed by atoms with E-state index in [1.54, 1.807) is 14.0 Å². The van der Waals surface area contributed by atoms with Gasteiger partial charge < -0.3 is 15.2 Å². The molecule has 0 saturated heterocycles. The maximum Gasteiger partial charge on any atom is 0.307 e. The van der Waals surface area contributed by atoms with Gasteiger partial charge in [0.1, 0.15) is 0 Å². The van der Waals surface area contributed by atoms with Crippen LogP contribution in [0.3, 0.4) is 0 Å². The maximum atomic E-state index is 11.5. The first-order valence-corrected chi connectivity index (χ1v) is 4.93. The van der Waals surface area contributed by atoms with Gasteiger partial charge in [-0.3, -0.25) is 9.59 Å². The molecule has 88 valence electrons. The highest BCUT2D eigenvalue weighted by atomic mass is 16.5. The molecule has 5 nitrogen and oxygen atoms in total. The number of carbonyl (C=O) groups is 2. The minimum atomic E-state index is -0.961. The normalized spacial score (nSPS) is 16.5. The molecular formula is C10H19NO4. The van der Waals surface area contributed by atoms with E-state index in [1.807, 2.05) is 6.92 Å². The Morgan fingerprint density at radius 3 is 2.20 bits per heavy atom. The van der Waals surface area contributed by atoms with Crippen molar-refractivity contribution >= 4 is 11.9 Å². The average molecular weight is 217 g/mol. The van der Waals surface area contributed by atoms with E-state index in [1.165, 1.54) is 6.92 Å². The van der Waals surface area contributed by atoms with Gasteiger partial charge in [-0.05, 0) is 6.92 Å². The molecule has 0 aliphatic rings. The van der Waals surface area contributed by atoms with E-state index in [0.717, 1.165) is 0 Å². The fraction of sp³-hybridized carbons (Fsp3) is 0.800. The van der Waals surface area contributed by atoms with Crippen molar-refractivity contribution in [2.24, 2.45) is 11.8 Å². The van der Waals surface area contributed by atoms with E-state index in [9.17, 15) is 9.59 Å². The highest BCUT2D eigenvalue weighted by Crippen LogP contribution is 2.10. The van der Waals surface area contributed by atoms with Crippen LogP contribution in [0.1, 0.15) is 20.8 Å². The lowest BCUT2D eigenvalue weighted by Gasteiger charge is -2.17. The molecule has 0 heterocycles. The van der Waals surface area contributed by atoms with Crippen molar-refractivity contribution in [2.45, 2.75) is 26.9 Å². The van der Waals surface area contributed by atoms with Crippen molar-refractivity contribution in [3.8, 4) is 0 Å². The summed E-state index contributed by atoms with van der Waals surface area (Å²) in [6.45, 7) is 5.34. The minimum Gasteiger partial charge on any atom is -0.481 e. The molecule has 0 rings (SSSR count). The zero-order valence-electron chi connectivity index (χ0n) is 9.61. The van der Waals surface area contributed by atoms with Crippen molar-refractivity contribution in [1.82, 2.24) is 5.32 Å². The Hall–Kier alpha value is -1.10. The van der Waals surface area contributed by atoms with Crippen LogP contribution in [-0.4, -0.2) is 36.7 Å². The third-order valence-corrected chi connectivity index (χ3v) is 2.52.